The number of nitrogens with one attached hydrogen (secondary N) is 2. The molecule has 4 heterocycles. The van der Waals surface area contributed by atoms with Gasteiger partial charge in [-0.15, -0.1) is 15.3 Å². The lowest BCUT2D eigenvalue weighted by molar-refractivity contribution is -0.121. The second kappa shape index (κ2) is 10.7. The van der Waals surface area contributed by atoms with Crippen LogP contribution in [0.5, 0.6) is 0 Å². The zero-order valence-corrected chi connectivity index (χ0v) is 20.0. The summed E-state index contributed by atoms with van der Waals surface area (Å²) in [7, 11) is 0. The summed E-state index contributed by atoms with van der Waals surface area (Å²) in [5, 5.41) is 19.3. The van der Waals surface area contributed by atoms with Crippen LogP contribution in [0.4, 0.5) is 5.82 Å². The lowest BCUT2D eigenvalue weighted by atomic mass is 10.1. The van der Waals surface area contributed by atoms with Crippen LogP contribution in [0.15, 0.2) is 59.2 Å². The average molecular weight is 474 g/mol. The third-order valence-corrected chi connectivity index (χ3v) is 6.41. The van der Waals surface area contributed by atoms with Gasteiger partial charge in [0, 0.05) is 32.5 Å². The number of hydrogen-bond acceptors (Lipinski definition) is 7. The SMILES string of the molecule is Cc1ccc(CN2CC[C@H](CNC(=O)CCc3nnc4ccc(NCc5ccco5)nn34)C2)cc1. The Bertz CT molecular complexity index is 1250. The van der Waals surface area contributed by atoms with Crippen molar-refractivity contribution in [2.75, 3.05) is 25.0 Å². The number of nitrogens with zero attached hydrogens (tertiary/aromatic N) is 5. The predicted molar refractivity (Wildman–Crippen MR) is 133 cm³/mol. The quantitative estimate of drug-likeness (QED) is 0.365. The first-order valence-corrected chi connectivity index (χ1v) is 12.1. The number of anilines is 1. The van der Waals surface area contributed by atoms with Gasteiger partial charge in [-0.1, -0.05) is 29.8 Å². The molecule has 1 aliphatic heterocycles. The number of rotatable bonds is 10. The van der Waals surface area contributed by atoms with Gasteiger partial charge in [0.15, 0.2) is 11.5 Å². The lowest BCUT2D eigenvalue weighted by Crippen LogP contribution is -2.31. The van der Waals surface area contributed by atoms with Gasteiger partial charge in [0.25, 0.3) is 0 Å². The molecule has 1 atom stereocenters. The first-order valence-electron chi connectivity index (χ1n) is 12.1. The van der Waals surface area contributed by atoms with Crippen LogP contribution in [0, 0.1) is 12.8 Å². The highest BCUT2D eigenvalue weighted by molar-refractivity contribution is 5.76. The van der Waals surface area contributed by atoms with Crippen LogP contribution in [0.1, 0.15) is 35.6 Å². The molecule has 1 amide bonds. The van der Waals surface area contributed by atoms with Gasteiger partial charge in [0.1, 0.15) is 11.6 Å². The largest absolute Gasteiger partial charge is 0.467 e. The van der Waals surface area contributed by atoms with E-state index in [2.05, 4.69) is 62.0 Å². The van der Waals surface area contributed by atoms with Crippen molar-refractivity contribution >= 4 is 17.4 Å². The Morgan fingerprint density at radius 3 is 2.86 bits per heavy atom. The molecule has 1 aliphatic rings. The molecule has 9 heteroatoms. The van der Waals surface area contributed by atoms with Crippen molar-refractivity contribution in [1.29, 1.82) is 0 Å². The summed E-state index contributed by atoms with van der Waals surface area (Å²) in [5.41, 5.74) is 3.28. The van der Waals surface area contributed by atoms with Gasteiger partial charge < -0.3 is 15.1 Å². The molecule has 0 saturated carbocycles. The summed E-state index contributed by atoms with van der Waals surface area (Å²) in [6, 6.07) is 16.2. The Kier molecular flexibility index (Phi) is 7.04. The minimum Gasteiger partial charge on any atom is -0.467 e. The van der Waals surface area contributed by atoms with E-state index in [4.69, 9.17) is 4.42 Å². The number of hydrogen-bond donors (Lipinski definition) is 2. The van der Waals surface area contributed by atoms with Gasteiger partial charge >= 0.3 is 0 Å². The molecular weight excluding hydrogens is 442 g/mol. The lowest BCUT2D eigenvalue weighted by Gasteiger charge is -2.16. The summed E-state index contributed by atoms with van der Waals surface area (Å²) in [6.45, 7) is 6.41. The summed E-state index contributed by atoms with van der Waals surface area (Å²) in [5.74, 6) is 2.71. The fourth-order valence-electron chi connectivity index (χ4n) is 4.42. The van der Waals surface area contributed by atoms with Crippen molar-refractivity contribution in [3.05, 3.63) is 77.5 Å². The van der Waals surface area contributed by atoms with E-state index in [1.807, 2.05) is 24.3 Å². The molecule has 9 nitrogen and oxygen atoms in total. The van der Waals surface area contributed by atoms with E-state index >= 15 is 0 Å². The number of amides is 1. The van der Waals surface area contributed by atoms with Crippen LogP contribution < -0.4 is 10.6 Å². The molecule has 0 spiro atoms. The van der Waals surface area contributed by atoms with E-state index in [1.54, 1.807) is 10.8 Å². The highest BCUT2D eigenvalue weighted by Crippen LogP contribution is 2.18. The first-order chi connectivity index (χ1) is 17.1. The number of aryl methyl sites for hydroxylation is 2. The molecule has 2 N–H and O–H groups in total. The number of furan rings is 1. The second-order valence-corrected chi connectivity index (χ2v) is 9.22. The maximum Gasteiger partial charge on any atom is 0.220 e. The maximum atomic E-state index is 12.5. The molecule has 0 bridgehead atoms. The Hall–Kier alpha value is -3.72. The fourth-order valence-corrected chi connectivity index (χ4v) is 4.42. The third kappa shape index (κ3) is 6.05. The van der Waals surface area contributed by atoms with Gasteiger partial charge in [-0.25, -0.2) is 0 Å². The van der Waals surface area contributed by atoms with E-state index in [-0.39, 0.29) is 5.91 Å². The summed E-state index contributed by atoms with van der Waals surface area (Å²) < 4.78 is 7.04. The molecule has 1 saturated heterocycles. The molecule has 3 aromatic heterocycles. The molecule has 5 rings (SSSR count). The summed E-state index contributed by atoms with van der Waals surface area (Å²) >= 11 is 0. The van der Waals surface area contributed by atoms with Crippen LogP contribution in [-0.4, -0.2) is 50.3 Å². The molecule has 0 unspecified atom stereocenters. The van der Waals surface area contributed by atoms with E-state index in [0.717, 1.165) is 31.8 Å². The molecule has 1 aromatic carbocycles. The van der Waals surface area contributed by atoms with Gasteiger partial charge in [-0.3, -0.25) is 9.69 Å². The number of likely N-dealkylation sites (tertiary alicyclic amines) is 1. The zero-order valence-electron chi connectivity index (χ0n) is 20.0. The topological polar surface area (TPSA) is 101 Å². The summed E-state index contributed by atoms with van der Waals surface area (Å²) in [6.07, 6.45) is 3.58. The third-order valence-electron chi connectivity index (χ3n) is 6.41. The molecular formula is C26H31N7O2. The van der Waals surface area contributed by atoms with E-state index in [0.29, 0.717) is 49.1 Å². The predicted octanol–water partition coefficient (Wildman–Crippen LogP) is 3.21. The van der Waals surface area contributed by atoms with E-state index < -0.39 is 0 Å². The van der Waals surface area contributed by atoms with Crippen LogP contribution in [0.25, 0.3) is 5.65 Å². The highest BCUT2D eigenvalue weighted by Gasteiger charge is 2.23. The number of benzene rings is 1. The Balaban J connectivity index is 1.07. The maximum absolute atomic E-state index is 12.5. The molecule has 182 valence electrons. The Labute approximate surface area is 204 Å². The van der Waals surface area contributed by atoms with Crippen molar-refractivity contribution in [2.24, 2.45) is 5.92 Å². The van der Waals surface area contributed by atoms with Crippen molar-refractivity contribution in [1.82, 2.24) is 30.0 Å². The van der Waals surface area contributed by atoms with Crippen molar-refractivity contribution in [3.8, 4) is 0 Å². The normalized spacial score (nSPS) is 16.1. The minimum atomic E-state index is 0.0332. The monoisotopic (exact) mass is 473 g/mol. The standard InChI is InChI=1S/C26H31N7O2/c1-19-4-6-20(7-5-19)17-32-13-12-21(18-32)15-28-26(34)11-10-25-30-29-24-9-8-23(31-33(24)25)27-16-22-3-2-14-35-22/h2-9,14,21H,10-13,15-18H2,1H3,(H,27,31)(H,28,34)/t21-/m1/s1. The van der Waals surface area contributed by atoms with Gasteiger partial charge in [0.2, 0.25) is 5.91 Å². The average Bonchev–Trinajstić information content (AvgIpc) is 3.63. The highest BCUT2D eigenvalue weighted by atomic mass is 16.3. The number of fused-ring (bicyclic) bond motifs is 1. The van der Waals surface area contributed by atoms with Gasteiger partial charge in [-0.05, 0) is 55.6 Å². The van der Waals surface area contributed by atoms with Crippen LogP contribution >= 0.6 is 0 Å². The fraction of sp³-hybridized carbons (Fsp3) is 0.385. The Morgan fingerprint density at radius 1 is 1.14 bits per heavy atom. The van der Waals surface area contributed by atoms with Gasteiger partial charge in [-0.2, -0.15) is 4.52 Å². The smallest absolute Gasteiger partial charge is 0.220 e. The van der Waals surface area contributed by atoms with Crippen LogP contribution in [0.2, 0.25) is 0 Å². The van der Waals surface area contributed by atoms with E-state index in [9.17, 15) is 4.79 Å². The van der Waals surface area contributed by atoms with Gasteiger partial charge in [0.05, 0.1) is 12.8 Å². The zero-order chi connectivity index (χ0) is 24.0. The molecule has 0 aliphatic carbocycles. The van der Waals surface area contributed by atoms with Crippen LogP contribution in [-0.2, 0) is 24.3 Å². The van der Waals surface area contributed by atoms with Crippen molar-refractivity contribution in [2.45, 2.75) is 39.3 Å². The summed E-state index contributed by atoms with van der Waals surface area (Å²) in [4.78, 5) is 15.0. The molecule has 4 aromatic rings. The number of carbonyl (C=O) groups excluding carboxylic acids is 1. The Morgan fingerprint density at radius 2 is 2.03 bits per heavy atom. The van der Waals surface area contributed by atoms with Crippen molar-refractivity contribution < 1.29 is 9.21 Å². The van der Waals surface area contributed by atoms with Crippen LogP contribution in [0.3, 0.4) is 0 Å². The minimum absolute atomic E-state index is 0.0332. The first kappa shape index (κ1) is 23.0. The number of carbonyl (C=O) groups is 1. The van der Waals surface area contributed by atoms with Crippen molar-refractivity contribution in [3.63, 3.8) is 0 Å². The molecule has 35 heavy (non-hydrogen) atoms. The number of aromatic nitrogens is 4. The molecule has 1 fully saturated rings. The molecule has 0 radical (unpaired) electrons. The van der Waals surface area contributed by atoms with E-state index in [1.165, 1.54) is 11.1 Å². The second-order valence-electron chi connectivity index (χ2n) is 9.22.